The van der Waals surface area contributed by atoms with E-state index in [1.54, 1.807) is 16.7 Å². The van der Waals surface area contributed by atoms with Gasteiger partial charge in [0.05, 0.1) is 5.56 Å². The second-order valence-electron chi connectivity index (χ2n) is 5.56. The molecule has 0 bridgehead atoms. The van der Waals surface area contributed by atoms with Gasteiger partial charge in [-0.3, -0.25) is 4.79 Å². The number of aliphatic hydroxyl groups is 1. The highest BCUT2D eigenvalue weighted by Crippen LogP contribution is 2.28. The molecule has 0 radical (unpaired) electrons. The molecule has 1 aromatic heterocycles. The van der Waals surface area contributed by atoms with Gasteiger partial charge in [0.1, 0.15) is 0 Å². The number of nitrogens with two attached hydrogens (primary N) is 1. The Morgan fingerprint density at radius 3 is 2.80 bits per heavy atom. The summed E-state index contributed by atoms with van der Waals surface area (Å²) < 4.78 is 0. The van der Waals surface area contributed by atoms with Crippen molar-refractivity contribution in [2.45, 2.75) is 51.1 Å². The minimum Gasteiger partial charge on any atom is -0.396 e. The molecule has 1 fully saturated rings. The van der Waals surface area contributed by atoms with Crippen molar-refractivity contribution in [1.29, 1.82) is 0 Å². The highest BCUT2D eigenvalue weighted by atomic mass is 32.1. The third-order valence-electron chi connectivity index (χ3n) is 4.14. The molecule has 5 heteroatoms. The largest absolute Gasteiger partial charge is 0.396 e. The monoisotopic (exact) mass is 296 g/mol. The number of carbonyl (C=O) groups excluding carboxylic acids is 1. The van der Waals surface area contributed by atoms with Crippen LogP contribution < -0.4 is 11.1 Å². The van der Waals surface area contributed by atoms with Crippen LogP contribution in [0.2, 0.25) is 0 Å². The predicted octanol–water partition coefficient (Wildman–Crippen LogP) is 2.27. The van der Waals surface area contributed by atoms with Crippen LogP contribution in [0, 0.1) is 5.92 Å². The molecule has 1 aliphatic rings. The second-order valence-corrected chi connectivity index (χ2v) is 6.56. The fourth-order valence-corrected chi connectivity index (χ4v) is 3.84. The molecule has 1 aromatic rings. The predicted molar refractivity (Wildman–Crippen MR) is 81.7 cm³/mol. The molecule has 0 aromatic carbocycles. The van der Waals surface area contributed by atoms with Crippen molar-refractivity contribution in [3.05, 3.63) is 21.9 Å². The maximum Gasteiger partial charge on any atom is 0.249 e. The van der Waals surface area contributed by atoms with E-state index in [9.17, 15) is 9.90 Å². The molecule has 0 spiro atoms. The number of hydrogen-bond donors (Lipinski definition) is 3. The first kappa shape index (κ1) is 15.5. The number of rotatable bonds is 7. The van der Waals surface area contributed by atoms with E-state index in [-0.39, 0.29) is 12.5 Å². The zero-order chi connectivity index (χ0) is 14.4. The van der Waals surface area contributed by atoms with E-state index < -0.39 is 0 Å². The molecule has 1 amide bonds. The minimum absolute atomic E-state index is 0.227. The summed E-state index contributed by atoms with van der Waals surface area (Å²) >= 11 is 1.56. The van der Waals surface area contributed by atoms with Crippen LogP contribution in [0.5, 0.6) is 0 Å². The van der Waals surface area contributed by atoms with Crippen molar-refractivity contribution in [1.82, 2.24) is 5.32 Å². The highest BCUT2D eigenvalue weighted by Gasteiger charge is 2.22. The van der Waals surface area contributed by atoms with Gasteiger partial charge in [-0.15, -0.1) is 11.3 Å². The summed E-state index contributed by atoms with van der Waals surface area (Å²) in [5.74, 6) is 0.304. The van der Waals surface area contributed by atoms with E-state index in [1.165, 1.54) is 32.1 Å². The molecule has 2 rings (SSSR count). The maximum atomic E-state index is 11.1. The van der Waals surface area contributed by atoms with Gasteiger partial charge in [-0.1, -0.05) is 19.3 Å². The number of primary amides is 1. The first-order valence-electron chi connectivity index (χ1n) is 7.42. The summed E-state index contributed by atoms with van der Waals surface area (Å²) in [5, 5.41) is 14.6. The Labute approximate surface area is 124 Å². The number of aliphatic hydroxyl groups excluding tert-OH is 1. The SMILES string of the molecule is NC(=O)c1csc(CNC(CCO)C2CCCCC2)c1. The van der Waals surface area contributed by atoms with Gasteiger partial charge < -0.3 is 16.2 Å². The van der Waals surface area contributed by atoms with Crippen molar-refractivity contribution in [2.24, 2.45) is 11.7 Å². The molecule has 1 saturated carbocycles. The summed E-state index contributed by atoms with van der Waals surface area (Å²) in [6.45, 7) is 0.976. The molecule has 4 nitrogen and oxygen atoms in total. The van der Waals surface area contributed by atoms with Crippen LogP contribution in [0.1, 0.15) is 53.8 Å². The van der Waals surface area contributed by atoms with E-state index in [0.29, 0.717) is 17.5 Å². The highest BCUT2D eigenvalue weighted by molar-refractivity contribution is 7.10. The van der Waals surface area contributed by atoms with Gasteiger partial charge in [0.25, 0.3) is 0 Å². The van der Waals surface area contributed by atoms with Gasteiger partial charge in [-0.2, -0.15) is 0 Å². The molecule has 0 aliphatic heterocycles. The van der Waals surface area contributed by atoms with Crippen LogP contribution in [-0.4, -0.2) is 23.7 Å². The van der Waals surface area contributed by atoms with Gasteiger partial charge in [0.15, 0.2) is 0 Å². The quantitative estimate of drug-likeness (QED) is 0.722. The molecular weight excluding hydrogens is 272 g/mol. The van der Waals surface area contributed by atoms with Crippen molar-refractivity contribution in [2.75, 3.05) is 6.61 Å². The Balaban J connectivity index is 1.88. The topological polar surface area (TPSA) is 75.4 Å². The zero-order valence-corrected chi connectivity index (χ0v) is 12.6. The van der Waals surface area contributed by atoms with E-state index in [1.807, 2.05) is 6.07 Å². The number of carbonyl (C=O) groups is 1. The van der Waals surface area contributed by atoms with Gasteiger partial charge in [0, 0.05) is 29.5 Å². The van der Waals surface area contributed by atoms with E-state index in [0.717, 1.165) is 17.8 Å². The smallest absolute Gasteiger partial charge is 0.249 e. The summed E-state index contributed by atoms with van der Waals surface area (Å²) in [6, 6.07) is 2.23. The van der Waals surface area contributed by atoms with E-state index >= 15 is 0 Å². The van der Waals surface area contributed by atoms with Gasteiger partial charge >= 0.3 is 0 Å². The van der Waals surface area contributed by atoms with Crippen LogP contribution in [-0.2, 0) is 6.54 Å². The average Bonchev–Trinajstić information content (AvgIpc) is 2.93. The third kappa shape index (κ3) is 4.30. The lowest BCUT2D eigenvalue weighted by atomic mass is 9.83. The summed E-state index contributed by atoms with van der Waals surface area (Å²) in [7, 11) is 0. The normalized spacial score (nSPS) is 18.1. The molecule has 1 atom stereocenters. The number of amides is 1. The number of nitrogens with one attached hydrogen (secondary N) is 1. The molecule has 1 heterocycles. The minimum atomic E-state index is -0.369. The maximum absolute atomic E-state index is 11.1. The van der Waals surface area contributed by atoms with E-state index in [4.69, 9.17) is 5.73 Å². The van der Waals surface area contributed by atoms with Crippen LogP contribution in [0.25, 0.3) is 0 Å². The van der Waals surface area contributed by atoms with Crippen molar-refractivity contribution in [3.63, 3.8) is 0 Å². The lowest BCUT2D eigenvalue weighted by Gasteiger charge is -2.30. The summed E-state index contributed by atoms with van der Waals surface area (Å²) in [4.78, 5) is 12.2. The average molecular weight is 296 g/mol. The molecule has 20 heavy (non-hydrogen) atoms. The third-order valence-corrected chi connectivity index (χ3v) is 5.07. The standard InChI is InChI=1S/C15H24N2O2S/c16-15(19)12-8-13(20-10-12)9-17-14(6-7-18)11-4-2-1-3-5-11/h8,10-11,14,17-18H,1-7,9H2,(H2,16,19). The van der Waals surface area contributed by atoms with Crippen molar-refractivity contribution >= 4 is 17.2 Å². The van der Waals surface area contributed by atoms with Gasteiger partial charge in [-0.25, -0.2) is 0 Å². The Kier molecular flexibility index (Phi) is 6.01. The van der Waals surface area contributed by atoms with Crippen molar-refractivity contribution in [3.8, 4) is 0 Å². The Morgan fingerprint density at radius 1 is 1.45 bits per heavy atom. The van der Waals surface area contributed by atoms with Gasteiger partial charge in [0.2, 0.25) is 5.91 Å². The van der Waals surface area contributed by atoms with Crippen molar-refractivity contribution < 1.29 is 9.90 Å². The Hall–Kier alpha value is -0.910. The lowest BCUT2D eigenvalue weighted by molar-refractivity contribution is 0.100. The fraction of sp³-hybridized carbons (Fsp3) is 0.667. The first-order valence-corrected chi connectivity index (χ1v) is 8.30. The number of hydrogen-bond acceptors (Lipinski definition) is 4. The first-order chi connectivity index (χ1) is 9.70. The van der Waals surface area contributed by atoms with Crippen LogP contribution in [0.4, 0.5) is 0 Å². The molecule has 4 N–H and O–H groups in total. The molecule has 1 aliphatic carbocycles. The van der Waals surface area contributed by atoms with E-state index in [2.05, 4.69) is 5.32 Å². The van der Waals surface area contributed by atoms with Crippen LogP contribution >= 0.6 is 11.3 Å². The summed E-state index contributed by atoms with van der Waals surface area (Å²) in [5.41, 5.74) is 5.85. The number of thiophene rings is 1. The lowest BCUT2D eigenvalue weighted by Crippen LogP contribution is -2.37. The fourth-order valence-electron chi connectivity index (χ4n) is 3.01. The summed E-state index contributed by atoms with van der Waals surface area (Å²) in [6.07, 6.45) is 7.27. The molecule has 112 valence electrons. The Bertz CT molecular complexity index is 427. The van der Waals surface area contributed by atoms with Crippen LogP contribution in [0.3, 0.4) is 0 Å². The van der Waals surface area contributed by atoms with Gasteiger partial charge in [-0.05, 0) is 31.2 Å². The molecule has 0 saturated heterocycles. The molecular formula is C15H24N2O2S. The van der Waals surface area contributed by atoms with Crippen LogP contribution in [0.15, 0.2) is 11.4 Å². The Morgan fingerprint density at radius 2 is 2.20 bits per heavy atom. The zero-order valence-electron chi connectivity index (χ0n) is 11.8. The molecule has 1 unspecified atom stereocenters. The second kappa shape index (κ2) is 7.76.